The van der Waals surface area contributed by atoms with Gasteiger partial charge in [0, 0.05) is 0 Å². The molecule has 4 nitrogen and oxygen atoms in total. The molecule has 0 aromatic rings. The van der Waals surface area contributed by atoms with E-state index in [1.807, 2.05) is 77.6 Å². The quantitative estimate of drug-likeness (QED) is 0.412. The van der Waals surface area contributed by atoms with Gasteiger partial charge in [-0.3, -0.25) is 0 Å². The maximum atomic E-state index is 11.6. The number of hydrogen-bond acceptors (Lipinski definition) is 5. The molecule has 0 saturated carbocycles. The summed E-state index contributed by atoms with van der Waals surface area (Å²) in [4.78, 5) is 2.68. The molecule has 202 valence electrons. The van der Waals surface area contributed by atoms with Crippen LogP contribution < -0.4 is 14.0 Å². The van der Waals surface area contributed by atoms with E-state index in [1.54, 1.807) is 0 Å². The van der Waals surface area contributed by atoms with Gasteiger partial charge >= 0.3 is 230 Å². The zero-order chi connectivity index (χ0) is 27.9. The van der Waals surface area contributed by atoms with Crippen LogP contribution in [0.15, 0.2) is 68.0 Å². The van der Waals surface area contributed by atoms with Gasteiger partial charge < -0.3 is 0 Å². The van der Waals surface area contributed by atoms with Crippen molar-refractivity contribution in [3.05, 3.63) is 68.0 Å². The average molecular weight is 602 g/mol. The van der Waals surface area contributed by atoms with E-state index in [2.05, 4.69) is 59.8 Å². The van der Waals surface area contributed by atoms with E-state index in [-0.39, 0.29) is 21.7 Å². The minimum atomic E-state index is -4.52. The topological polar surface area (TPSA) is 78.4 Å². The van der Waals surface area contributed by atoms with Gasteiger partial charge in [-0.25, -0.2) is 0 Å². The molecule has 2 rings (SSSR count). The Morgan fingerprint density at radius 2 is 1.22 bits per heavy atom. The molecule has 7 heteroatoms. The molecule has 1 atom stereocenters. The van der Waals surface area contributed by atoms with Gasteiger partial charge in [0.05, 0.1) is 0 Å². The number of thioether (sulfide) groups is 1. The first-order valence-electron chi connectivity index (χ1n) is 12.2. The Morgan fingerprint density at radius 1 is 0.722 bits per heavy atom. The molecule has 36 heavy (non-hydrogen) atoms. The monoisotopic (exact) mass is 602 g/mol. The maximum absolute atomic E-state index is 11.6. The van der Waals surface area contributed by atoms with Crippen LogP contribution in [0.25, 0.3) is 0 Å². The van der Waals surface area contributed by atoms with Crippen molar-refractivity contribution in [2.75, 3.05) is 0 Å². The van der Waals surface area contributed by atoms with Crippen LogP contribution in [0.3, 0.4) is 0 Å². The van der Waals surface area contributed by atoms with Gasteiger partial charge in [-0.1, -0.05) is 0 Å². The van der Waals surface area contributed by atoms with Crippen LogP contribution >= 0.6 is 11.8 Å². The third kappa shape index (κ3) is 8.96. The fourth-order valence-electron chi connectivity index (χ4n) is 3.43. The fourth-order valence-corrected chi connectivity index (χ4v) is 10.6. The predicted octanol–water partition coefficient (Wildman–Crippen LogP) is 5.23. The number of rotatable bonds is 4. The van der Waals surface area contributed by atoms with Crippen LogP contribution in [0.4, 0.5) is 0 Å². The molecule has 2 heterocycles. The Balaban J connectivity index is 2.59. The predicted molar refractivity (Wildman–Crippen MR) is 147 cm³/mol. The van der Waals surface area contributed by atoms with Crippen molar-refractivity contribution in [1.82, 2.24) is 0 Å². The van der Waals surface area contributed by atoms with E-state index < -0.39 is 24.0 Å². The van der Waals surface area contributed by atoms with Gasteiger partial charge in [-0.05, 0) is 0 Å². The van der Waals surface area contributed by atoms with Gasteiger partial charge in [0.2, 0.25) is 0 Å². The van der Waals surface area contributed by atoms with Crippen molar-refractivity contribution in [1.29, 1.82) is 0 Å². The summed E-state index contributed by atoms with van der Waals surface area (Å²) in [6, 6.07) is 0. The first-order valence-corrected chi connectivity index (χ1v) is 16.6. The Kier molecular flexibility index (Phi) is 9.48. The Hall–Kier alpha value is -0.691. The van der Waals surface area contributed by atoms with E-state index >= 15 is 0 Å². The molecule has 0 saturated heterocycles. The molecule has 1 unspecified atom stereocenters. The molecule has 0 radical (unpaired) electrons. The summed E-state index contributed by atoms with van der Waals surface area (Å²) in [5.74, 6) is 0. The van der Waals surface area contributed by atoms with E-state index in [4.69, 9.17) is 3.37 Å². The third-order valence-corrected chi connectivity index (χ3v) is 14.2. The van der Waals surface area contributed by atoms with Gasteiger partial charge in [-0.15, -0.1) is 0 Å². The van der Waals surface area contributed by atoms with Gasteiger partial charge in [0.15, 0.2) is 0 Å². The SMILES string of the molecule is CC(C)(C)C1=CC(=C/C=C/C2=CC(C(C)(C)C)=[Se](O[Cl+3]([O-])([O-])[O-])C(C(C)(C)C)=C2)C=C(C(C)(C)C)S1. The molecule has 0 spiro atoms. The average Bonchev–Trinajstić information content (AvgIpc) is 2.64. The van der Waals surface area contributed by atoms with Gasteiger partial charge in [-0.2, -0.15) is 0 Å². The zero-order valence-corrected chi connectivity index (χ0v) is 27.2. The second-order valence-corrected chi connectivity index (χ2v) is 19.1. The molecule has 0 aromatic carbocycles. The molecule has 0 amide bonds. The second-order valence-electron chi connectivity index (χ2n) is 13.4. The van der Waals surface area contributed by atoms with E-state index in [0.29, 0.717) is 0 Å². The zero-order valence-electron chi connectivity index (χ0n) is 23.9. The molecule has 0 N–H and O–H groups in total. The van der Waals surface area contributed by atoms with Crippen molar-refractivity contribution in [2.45, 2.75) is 83.1 Å². The van der Waals surface area contributed by atoms with E-state index in [1.165, 1.54) is 9.81 Å². The molecule has 0 aromatic heterocycles. The first-order chi connectivity index (χ1) is 16.0. The Labute approximate surface area is 229 Å². The van der Waals surface area contributed by atoms with Crippen molar-refractivity contribution in [2.24, 2.45) is 21.7 Å². The molecule has 2 aliphatic heterocycles. The van der Waals surface area contributed by atoms with Crippen LogP contribution in [0.1, 0.15) is 83.1 Å². The summed E-state index contributed by atoms with van der Waals surface area (Å²) in [7, 11) is -4.52. The van der Waals surface area contributed by atoms with Gasteiger partial charge in [0.25, 0.3) is 0 Å². The van der Waals surface area contributed by atoms with E-state index in [9.17, 15) is 14.0 Å². The number of allylic oxidation sites excluding steroid dienone is 12. The van der Waals surface area contributed by atoms with Crippen LogP contribution in [0.5, 0.6) is 0 Å². The molecule has 0 bridgehead atoms. The van der Waals surface area contributed by atoms with Gasteiger partial charge in [0.1, 0.15) is 0 Å². The number of halogens is 1. The number of hydrogen-bond donors (Lipinski definition) is 0. The van der Waals surface area contributed by atoms with Crippen molar-refractivity contribution < 1.29 is 27.6 Å². The first kappa shape index (κ1) is 31.5. The van der Waals surface area contributed by atoms with Crippen LogP contribution in [-0.2, 0) is 3.37 Å². The van der Waals surface area contributed by atoms with Crippen LogP contribution in [0, 0.1) is 31.9 Å². The molecule has 0 aliphatic carbocycles. The van der Waals surface area contributed by atoms with Crippen molar-refractivity contribution in [3.63, 3.8) is 0 Å². The molecular weight excluding hydrogens is 559 g/mol. The van der Waals surface area contributed by atoms with Crippen molar-refractivity contribution in [3.8, 4) is 0 Å². The second kappa shape index (κ2) is 10.8. The minimum absolute atomic E-state index is 0.0610. The van der Waals surface area contributed by atoms with Crippen LogP contribution in [-0.4, -0.2) is 18.2 Å². The Bertz CT molecular complexity index is 1050. The fraction of sp³-hybridized carbons (Fsp3) is 0.552. The summed E-state index contributed by atoms with van der Waals surface area (Å²) in [5.41, 5.74) is 1.56. The van der Waals surface area contributed by atoms with E-state index in [0.717, 1.165) is 20.0 Å². The summed E-state index contributed by atoms with van der Waals surface area (Å²) < 4.78 is 41.8. The molecular formula is C29H43ClO4SSe. The summed E-state index contributed by atoms with van der Waals surface area (Å²) in [6.07, 6.45) is 14.7. The summed E-state index contributed by atoms with van der Waals surface area (Å²) in [6.45, 7) is 25.6. The van der Waals surface area contributed by atoms with Crippen molar-refractivity contribution >= 4 is 30.0 Å². The third-order valence-electron chi connectivity index (χ3n) is 5.48. The molecule has 0 fully saturated rings. The normalized spacial score (nSPS) is 20.8. The molecule has 2 aliphatic rings. The standard InChI is InChI=1S/C29H43ClO4SSe/c1-26(2,3)22-16-20(17-23(35-22)27(4,5)6)14-13-15-21-18-24(28(7,8)9)36(34-30(31,32)33)25(19-21)29(10,11)12/h13-19H,1-12H3/b15-13+. The summed E-state index contributed by atoms with van der Waals surface area (Å²) >= 11 is -0.625. The Morgan fingerprint density at radius 3 is 1.61 bits per heavy atom. The summed E-state index contributed by atoms with van der Waals surface area (Å²) in [5, 5.41) is 0. The van der Waals surface area contributed by atoms with Crippen LogP contribution in [0.2, 0.25) is 0 Å².